The molecule has 1 aliphatic heterocycles. The minimum atomic E-state index is -1.48. The number of benzene rings is 1. The Labute approximate surface area is 156 Å². The van der Waals surface area contributed by atoms with E-state index in [1.165, 1.54) is 19.1 Å². The number of carbonyl (C=O) groups is 3. The molecule has 1 aliphatic rings. The summed E-state index contributed by atoms with van der Waals surface area (Å²) in [6.45, 7) is 1.98. The minimum absolute atomic E-state index is 0.0685. The second-order valence-electron chi connectivity index (χ2n) is 6.65. The highest BCUT2D eigenvalue weighted by molar-refractivity contribution is 5.92. The summed E-state index contributed by atoms with van der Waals surface area (Å²) in [5.74, 6) is -2.34. The van der Waals surface area contributed by atoms with E-state index in [1.54, 1.807) is 12.1 Å². The molecule has 9 heteroatoms. The molecule has 4 atom stereocenters. The van der Waals surface area contributed by atoms with Crippen LogP contribution in [0.3, 0.4) is 0 Å². The van der Waals surface area contributed by atoms with Gasteiger partial charge in [-0.1, -0.05) is 12.1 Å². The van der Waals surface area contributed by atoms with Gasteiger partial charge in [-0.25, -0.2) is 4.79 Å². The number of nitrogens with one attached hydrogen (secondary N) is 3. The van der Waals surface area contributed by atoms with Gasteiger partial charge in [-0.05, 0) is 44.0 Å². The molecule has 27 heavy (non-hydrogen) atoms. The van der Waals surface area contributed by atoms with Crippen LogP contribution in [0.5, 0.6) is 5.75 Å². The number of phenolic OH excluding ortho intramolecular Hbond substituents is 1. The Kier molecular flexibility index (Phi) is 7.14. The second-order valence-corrected chi connectivity index (χ2v) is 6.65. The Balaban J connectivity index is 2.13. The number of amides is 2. The molecule has 2 amide bonds. The summed E-state index contributed by atoms with van der Waals surface area (Å²) in [5, 5.41) is 36.1. The quantitative estimate of drug-likeness (QED) is 0.344. The van der Waals surface area contributed by atoms with Crippen molar-refractivity contribution < 1.29 is 29.7 Å². The van der Waals surface area contributed by atoms with Crippen molar-refractivity contribution in [3.05, 3.63) is 29.8 Å². The van der Waals surface area contributed by atoms with Crippen molar-refractivity contribution in [3.8, 4) is 5.75 Å². The Hall–Kier alpha value is -2.65. The molecule has 0 saturated carbocycles. The van der Waals surface area contributed by atoms with E-state index in [9.17, 15) is 24.6 Å². The topological polar surface area (TPSA) is 148 Å². The molecule has 148 valence electrons. The fraction of sp³-hybridized carbons (Fsp3) is 0.500. The molecule has 9 nitrogen and oxygen atoms in total. The summed E-state index contributed by atoms with van der Waals surface area (Å²) in [7, 11) is 0. The van der Waals surface area contributed by atoms with Gasteiger partial charge in [0, 0.05) is 6.42 Å². The standard InChI is InChI=1S/C18H25N3O6/c1-10(22)15(18(26)27)21-17(25)14(9-11-4-6-12(23)7-5-11)20-16(24)13-3-2-8-19-13/h4-7,10,13-15,19,22-23H,2-3,8-9H2,1H3,(H,20,24)(H,21,25)(H,26,27). The molecule has 0 spiro atoms. The Morgan fingerprint density at radius 3 is 2.41 bits per heavy atom. The van der Waals surface area contributed by atoms with Gasteiger partial charge in [0.15, 0.2) is 6.04 Å². The van der Waals surface area contributed by atoms with Crippen LogP contribution in [0.15, 0.2) is 24.3 Å². The molecule has 1 saturated heterocycles. The van der Waals surface area contributed by atoms with Crippen molar-refractivity contribution in [1.29, 1.82) is 0 Å². The molecule has 1 heterocycles. The molecule has 1 aromatic rings. The van der Waals surface area contributed by atoms with Gasteiger partial charge in [-0.15, -0.1) is 0 Å². The number of hydrogen-bond donors (Lipinski definition) is 6. The number of carboxylic acid groups (broad SMARTS) is 1. The molecule has 2 rings (SSSR count). The van der Waals surface area contributed by atoms with E-state index in [2.05, 4.69) is 16.0 Å². The highest BCUT2D eigenvalue weighted by Gasteiger charge is 2.31. The predicted octanol–water partition coefficient (Wildman–Crippen LogP) is -0.878. The zero-order valence-corrected chi connectivity index (χ0v) is 15.0. The summed E-state index contributed by atoms with van der Waals surface area (Å²) in [5.41, 5.74) is 0.677. The van der Waals surface area contributed by atoms with E-state index in [-0.39, 0.29) is 18.1 Å². The van der Waals surface area contributed by atoms with Crippen molar-refractivity contribution in [2.75, 3.05) is 6.54 Å². The molecule has 0 bridgehead atoms. The lowest BCUT2D eigenvalue weighted by molar-refractivity contribution is -0.145. The second kappa shape index (κ2) is 9.33. The van der Waals surface area contributed by atoms with Gasteiger partial charge >= 0.3 is 5.97 Å². The predicted molar refractivity (Wildman–Crippen MR) is 96.0 cm³/mol. The van der Waals surface area contributed by atoms with Crippen LogP contribution >= 0.6 is 0 Å². The third-order valence-corrected chi connectivity index (χ3v) is 4.43. The Bertz CT molecular complexity index is 670. The lowest BCUT2D eigenvalue weighted by atomic mass is 10.0. The number of aromatic hydroxyl groups is 1. The van der Waals surface area contributed by atoms with Crippen molar-refractivity contribution >= 4 is 17.8 Å². The van der Waals surface area contributed by atoms with E-state index in [0.29, 0.717) is 12.0 Å². The van der Waals surface area contributed by atoms with Crippen molar-refractivity contribution in [1.82, 2.24) is 16.0 Å². The third kappa shape index (κ3) is 5.93. The SMILES string of the molecule is CC(O)C(NC(=O)C(Cc1ccc(O)cc1)NC(=O)C1CCCN1)C(=O)O. The minimum Gasteiger partial charge on any atom is -0.508 e. The number of carboxylic acids is 1. The Morgan fingerprint density at radius 2 is 1.89 bits per heavy atom. The fourth-order valence-corrected chi connectivity index (χ4v) is 2.90. The van der Waals surface area contributed by atoms with Crippen LogP contribution in [0, 0.1) is 0 Å². The highest BCUT2D eigenvalue weighted by atomic mass is 16.4. The van der Waals surface area contributed by atoms with E-state index < -0.39 is 36.1 Å². The maximum absolute atomic E-state index is 12.6. The molecule has 1 fully saturated rings. The molecular formula is C18H25N3O6. The van der Waals surface area contributed by atoms with E-state index in [0.717, 1.165) is 13.0 Å². The monoisotopic (exact) mass is 379 g/mol. The van der Waals surface area contributed by atoms with E-state index in [4.69, 9.17) is 5.11 Å². The number of hydrogen-bond acceptors (Lipinski definition) is 6. The molecule has 0 radical (unpaired) electrons. The number of aliphatic carboxylic acids is 1. The maximum atomic E-state index is 12.6. The van der Waals surface area contributed by atoms with Gasteiger partial charge in [-0.3, -0.25) is 9.59 Å². The summed E-state index contributed by atoms with van der Waals surface area (Å²) in [4.78, 5) is 36.2. The molecule has 0 aliphatic carbocycles. The number of aliphatic hydroxyl groups is 1. The number of carbonyl (C=O) groups excluding carboxylic acids is 2. The molecule has 0 aromatic heterocycles. The molecule has 6 N–H and O–H groups in total. The van der Waals surface area contributed by atoms with Gasteiger partial charge in [0.05, 0.1) is 12.1 Å². The number of phenols is 1. The lowest BCUT2D eigenvalue weighted by Gasteiger charge is -2.24. The molecule has 1 aromatic carbocycles. The summed E-state index contributed by atoms with van der Waals surface area (Å²) >= 11 is 0. The smallest absolute Gasteiger partial charge is 0.328 e. The average Bonchev–Trinajstić information content (AvgIpc) is 3.14. The first-order chi connectivity index (χ1) is 12.8. The van der Waals surface area contributed by atoms with E-state index in [1.807, 2.05) is 0 Å². The van der Waals surface area contributed by atoms with Crippen molar-refractivity contribution in [2.45, 2.75) is 50.4 Å². The van der Waals surface area contributed by atoms with Crippen LogP contribution in [0.4, 0.5) is 0 Å². The van der Waals surface area contributed by atoms with Gasteiger partial charge < -0.3 is 31.3 Å². The highest BCUT2D eigenvalue weighted by Crippen LogP contribution is 2.12. The molecule has 4 unspecified atom stereocenters. The van der Waals surface area contributed by atoms with Crippen LogP contribution in [-0.2, 0) is 20.8 Å². The normalized spacial score (nSPS) is 19.7. The first-order valence-electron chi connectivity index (χ1n) is 8.81. The molecular weight excluding hydrogens is 354 g/mol. The van der Waals surface area contributed by atoms with Crippen LogP contribution in [0.1, 0.15) is 25.3 Å². The summed E-state index contributed by atoms with van der Waals surface area (Å²) in [6, 6.07) is 3.23. The lowest BCUT2D eigenvalue weighted by Crippen LogP contribution is -2.57. The van der Waals surface area contributed by atoms with Gasteiger partial charge in [0.25, 0.3) is 0 Å². The van der Waals surface area contributed by atoms with Crippen LogP contribution in [-0.4, -0.2) is 63.9 Å². The largest absolute Gasteiger partial charge is 0.508 e. The van der Waals surface area contributed by atoms with Crippen LogP contribution in [0.2, 0.25) is 0 Å². The van der Waals surface area contributed by atoms with Crippen LogP contribution in [0.25, 0.3) is 0 Å². The van der Waals surface area contributed by atoms with Gasteiger partial charge in [-0.2, -0.15) is 0 Å². The first kappa shape index (κ1) is 20.7. The van der Waals surface area contributed by atoms with Crippen molar-refractivity contribution in [2.24, 2.45) is 0 Å². The van der Waals surface area contributed by atoms with E-state index >= 15 is 0 Å². The van der Waals surface area contributed by atoms with Gasteiger partial charge in [0.1, 0.15) is 11.8 Å². The van der Waals surface area contributed by atoms with Gasteiger partial charge in [0.2, 0.25) is 11.8 Å². The van der Waals surface area contributed by atoms with Crippen LogP contribution < -0.4 is 16.0 Å². The number of aliphatic hydroxyl groups excluding tert-OH is 1. The summed E-state index contributed by atoms with van der Waals surface area (Å²) < 4.78 is 0. The average molecular weight is 379 g/mol. The fourth-order valence-electron chi connectivity index (χ4n) is 2.90. The zero-order chi connectivity index (χ0) is 20.0. The Morgan fingerprint density at radius 1 is 1.22 bits per heavy atom. The number of rotatable bonds is 8. The zero-order valence-electron chi connectivity index (χ0n) is 15.0. The summed E-state index contributed by atoms with van der Waals surface area (Å²) in [6.07, 6.45) is 0.324. The first-order valence-corrected chi connectivity index (χ1v) is 8.81. The van der Waals surface area contributed by atoms with Crippen molar-refractivity contribution in [3.63, 3.8) is 0 Å². The maximum Gasteiger partial charge on any atom is 0.328 e. The third-order valence-electron chi connectivity index (χ3n) is 4.43.